The molecule has 90 valence electrons. The average molecular weight is 219 g/mol. The molecule has 1 heterocycles. The summed E-state index contributed by atoms with van der Waals surface area (Å²) in [6.45, 7) is 6.60. The van der Waals surface area contributed by atoms with Gasteiger partial charge in [-0.1, -0.05) is 0 Å². The molecule has 1 fully saturated rings. The van der Waals surface area contributed by atoms with E-state index in [9.17, 15) is 9.90 Å². The Morgan fingerprint density at radius 3 is 2.53 bits per heavy atom. The van der Waals surface area contributed by atoms with Crippen molar-refractivity contribution in [3.63, 3.8) is 0 Å². The zero-order chi connectivity index (χ0) is 10.8. The molecule has 0 bridgehead atoms. The Hall–Kier alpha value is -0.810. The maximum atomic E-state index is 11.6. The molecule has 5 nitrogen and oxygen atoms in total. The maximum absolute atomic E-state index is 11.6. The van der Waals surface area contributed by atoms with E-state index in [2.05, 4.69) is 0 Å². The molecule has 1 unspecified atom stereocenters. The minimum Gasteiger partial charge on any atom is -0.444 e. The highest BCUT2D eigenvalue weighted by molar-refractivity contribution is 5.68. The van der Waals surface area contributed by atoms with Crippen LogP contribution in [0.2, 0.25) is 0 Å². The van der Waals surface area contributed by atoms with Crippen LogP contribution in [0.25, 0.3) is 0 Å². The van der Waals surface area contributed by atoms with Gasteiger partial charge in [-0.25, -0.2) is 4.79 Å². The van der Waals surface area contributed by atoms with Crippen LogP contribution in [-0.4, -0.2) is 46.4 Å². The van der Waals surface area contributed by atoms with Crippen LogP contribution in [-0.2, 0) is 4.74 Å². The molecular formula is C10H21NO4. The molecule has 1 atom stereocenters. The van der Waals surface area contributed by atoms with E-state index in [0.29, 0.717) is 13.1 Å². The van der Waals surface area contributed by atoms with E-state index in [0.717, 1.165) is 12.8 Å². The summed E-state index contributed by atoms with van der Waals surface area (Å²) in [5, 5.41) is 9.38. The summed E-state index contributed by atoms with van der Waals surface area (Å²) >= 11 is 0. The molecule has 15 heavy (non-hydrogen) atoms. The predicted molar refractivity (Wildman–Crippen MR) is 56.7 cm³/mol. The summed E-state index contributed by atoms with van der Waals surface area (Å²) in [6.07, 6.45) is 0.909. The van der Waals surface area contributed by atoms with E-state index in [4.69, 9.17) is 4.74 Å². The van der Waals surface area contributed by atoms with Gasteiger partial charge in [0.05, 0.1) is 6.10 Å². The van der Waals surface area contributed by atoms with Crippen molar-refractivity contribution in [3.05, 3.63) is 0 Å². The number of rotatable bonds is 0. The largest absolute Gasteiger partial charge is 0.444 e. The van der Waals surface area contributed by atoms with Crippen molar-refractivity contribution < 1.29 is 20.1 Å². The van der Waals surface area contributed by atoms with E-state index < -0.39 is 11.7 Å². The average Bonchev–Trinajstić information content (AvgIpc) is 2.01. The van der Waals surface area contributed by atoms with E-state index in [-0.39, 0.29) is 11.6 Å². The number of aliphatic hydroxyl groups is 1. The number of hydrogen-bond donors (Lipinski definition) is 1. The highest BCUT2D eigenvalue weighted by atomic mass is 16.6. The first-order valence-corrected chi connectivity index (χ1v) is 5.04. The molecule has 3 N–H and O–H groups in total. The van der Waals surface area contributed by atoms with Crippen LogP contribution in [0.1, 0.15) is 33.6 Å². The molecule has 1 rings (SSSR count). The first kappa shape index (κ1) is 14.2. The minimum absolute atomic E-state index is 0. The number of carbonyl (C=O) groups is 1. The third-order valence-electron chi connectivity index (χ3n) is 2.05. The van der Waals surface area contributed by atoms with E-state index in [1.807, 2.05) is 20.8 Å². The summed E-state index contributed by atoms with van der Waals surface area (Å²) in [4.78, 5) is 13.1. The standard InChI is InChI=1S/C10H19NO3.H2O/c1-10(2,3)14-9(13)11-6-4-5-8(12)7-11;/h8,12H,4-7H2,1-3H3;1H2. The van der Waals surface area contributed by atoms with Gasteiger partial charge < -0.3 is 20.2 Å². The van der Waals surface area contributed by atoms with Gasteiger partial charge in [-0.3, -0.25) is 0 Å². The number of aliphatic hydroxyl groups excluding tert-OH is 1. The highest BCUT2D eigenvalue weighted by Gasteiger charge is 2.26. The third-order valence-corrected chi connectivity index (χ3v) is 2.05. The smallest absolute Gasteiger partial charge is 0.410 e. The molecule has 0 radical (unpaired) electrons. The Morgan fingerprint density at radius 1 is 1.47 bits per heavy atom. The minimum atomic E-state index is -0.459. The van der Waals surface area contributed by atoms with Gasteiger partial charge in [0.1, 0.15) is 5.60 Å². The molecule has 1 saturated heterocycles. The van der Waals surface area contributed by atoms with Crippen LogP contribution in [0.15, 0.2) is 0 Å². The van der Waals surface area contributed by atoms with Crippen molar-refractivity contribution in [1.29, 1.82) is 0 Å². The van der Waals surface area contributed by atoms with Gasteiger partial charge in [0, 0.05) is 13.1 Å². The number of nitrogens with zero attached hydrogens (tertiary/aromatic N) is 1. The number of β-amino-alcohol motifs (C(OH)–C–C–N with tert-alkyl or cyclic N) is 1. The SMILES string of the molecule is CC(C)(C)OC(=O)N1CCCC(O)C1.O. The van der Waals surface area contributed by atoms with Gasteiger partial charge in [-0.15, -0.1) is 0 Å². The van der Waals surface area contributed by atoms with E-state index in [1.165, 1.54) is 0 Å². The van der Waals surface area contributed by atoms with Crippen molar-refractivity contribution in [2.75, 3.05) is 13.1 Å². The van der Waals surface area contributed by atoms with Gasteiger partial charge >= 0.3 is 6.09 Å². The fraction of sp³-hybridized carbons (Fsp3) is 0.900. The second-order valence-electron chi connectivity index (χ2n) is 4.72. The summed E-state index contributed by atoms with van der Waals surface area (Å²) in [6, 6.07) is 0. The molecule has 1 aliphatic heterocycles. The molecule has 0 aromatic rings. The molecule has 1 amide bonds. The van der Waals surface area contributed by atoms with Gasteiger partial charge in [0.25, 0.3) is 0 Å². The van der Waals surface area contributed by atoms with E-state index in [1.54, 1.807) is 4.90 Å². The van der Waals surface area contributed by atoms with Crippen molar-refractivity contribution >= 4 is 6.09 Å². The van der Waals surface area contributed by atoms with Crippen LogP contribution < -0.4 is 0 Å². The Morgan fingerprint density at radius 2 is 2.07 bits per heavy atom. The number of amides is 1. The highest BCUT2D eigenvalue weighted by Crippen LogP contribution is 2.14. The van der Waals surface area contributed by atoms with Crippen LogP contribution in [0.3, 0.4) is 0 Å². The fourth-order valence-corrected chi connectivity index (χ4v) is 1.45. The topological polar surface area (TPSA) is 81.3 Å². The Balaban J connectivity index is 0.00000196. The van der Waals surface area contributed by atoms with Gasteiger partial charge in [0.2, 0.25) is 0 Å². The predicted octanol–water partition coefficient (Wildman–Crippen LogP) is 0.553. The quantitative estimate of drug-likeness (QED) is 0.646. The maximum Gasteiger partial charge on any atom is 0.410 e. The normalized spacial score (nSPS) is 21.9. The zero-order valence-corrected chi connectivity index (χ0v) is 9.62. The lowest BCUT2D eigenvalue weighted by Gasteiger charge is -2.32. The number of hydrogen-bond acceptors (Lipinski definition) is 3. The molecule has 5 heteroatoms. The van der Waals surface area contributed by atoms with Crippen molar-refractivity contribution in [2.45, 2.75) is 45.3 Å². The van der Waals surface area contributed by atoms with Gasteiger partial charge in [0.15, 0.2) is 0 Å². The van der Waals surface area contributed by atoms with Crippen LogP contribution in [0, 0.1) is 0 Å². The zero-order valence-electron chi connectivity index (χ0n) is 9.62. The lowest BCUT2D eigenvalue weighted by molar-refractivity contribution is 0.00391. The van der Waals surface area contributed by atoms with Gasteiger partial charge in [-0.05, 0) is 33.6 Å². The number of likely N-dealkylation sites (tertiary alicyclic amines) is 1. The molecule has 0 aliphatic carbocycles. The fourth-order valence-electron chi connectivity index (χ4n) is 1.45. The second kappa shape index (κ2) is 5.32. The Labute approximate surface area is 90.3 Å². The first-order chi connectivity index (χ1) is 6.38. The lowest BCUT2D eigenvalue weighted by atomic mass is 10.1. The van der Waals surface area contributed by atoms with Crippen molar-refractivity contribution in [2.24, 2.45) is 0 Å². The first-order valence-electron chi connectivity index (χ1n) is 5.04. The summed E-state index contributed by atoms with van der Waals surface area (Å²) in [5.74, 6) is 0. The lowest BCUT2D eigenvalue weighted by Crippen LogP contribution is -2.44. The Bertz CT molecular complexity index is 212. The summed E-state index contributed by atoms with van der Waals surface area (Å²) in [5.41, 5.74) is -0.459. The molecule has 0 aromatic heterocycles. The second-order valence-corrected chi connectivity index (χ2v) is 4.72. The molecule has 0 saturated carbocycles. The third kappa shape index (κ3) is 4.99. The number of piperidine rings is 1. The van der Waals surface area contributed by atoms with Crippen LogP contribution in [0.5, 0.6) is 0 Å². The molecular weight excluding hydrogens is 198 g/mol. The number of carbonyl (C=O) groups excluding carboxylic acids is 1. The molecule has 0 aromatic carbocycles. The molecule has 0 spiro atoms. The van der Waals surface area contributed by atoms with Crippen molar-refractivity contribution in [3.8, 4) is 0 Å². The van der Waals surface area contributed by atoms with Crippen LogP contribution in [0.4, 0.5) is 4.79 Å². The van der Waals surface area contributed by atoms with Crippen molar-refractivity contribution in [1.82, 2.24) is 4.90 Å². The van der Waals surface area contributed by atoms with Crippen LogP contribution >= 0.6 is 0 Å². The monoisotopic (exact) mass is 219 g/mol. The molecule has 1 aliphatic rings. The van der Waals surface area contributed by atoms with Gasteiger partial charge in [-0.2, -0.15) is 0 Å². The summed E-state index contributed by atoms with van der Waals surface area (Å²) < 4.78 is 5.20. The summed E-state index contributed by atoms with van der Waals surface area (Å²) in [7, 11) is 0. The number of ether oxygens (including phenoxy) is 1. The van der Waals surface area contributed by atoms with E-state index >= 15 is 0 Å². The Kier molecular flexibility index (Phi) is 5.03.